The molecule has 2 N–H and O–H groups in total. The van der Waals surface area contributed by atoms with E-state index in [0.717, 1.165) is 21.6 Å². The quantitative estimate of drug-likeness (QED) is 0.876. The van der Waals surface area contributed by atoms with Gasteiger partial charge in [0.05, 0.1) is 16.8 Å². The molecule has 0 saturated heterocycles. The highest BCUT2D eigenvalue weighted by Crippen LogP contribution is 2.44. The van der Waals surface area contributed by atoms with Crippen molar-refractivity contribution in [2.75, 3.05) is 5.32 Å². The average Bonchev–Trinajstić information content (AvgIpc) is 2.84. The summed E-state index contributed by atoms with van der Waals surface area (Å²) in [6.07, 6.45) is 6.96. The number of aryl methyl sites for hydroxylation is 1. The topological polar surface area (TPSA) is 54.0 Å². The molecule has 0 aromatic carbocycles. The van der Waals surface area contributed by atoms with Crippen molar-refractivity contribution in [3.05, 3.63) is 33.1 Å². The van der Waals surface area contributed by atoms with Gasteiger partial charge in [-0.05, 0) is 32.3 Å². The van der Waals surface area contributed by atoms with Gasteiger partial charge in [-0.15, -0.1) is 22.7 Å². The Bertz CT molecular complexity index is 689. The standard InChI is InChI=1S/C16H19N3OS2/c1-9-17-7-15(22-9)19-16(20)10-5-14(21-8-10)12-6-13(12)18-11-3-2-4-11/h5,7-8,11-13,18H,2-4,6H2,1H3,(H,19,20). The molecule has 2 aliphatic carbocycles. The molecule has 0 radical (unpaired) electrons. The predicted octanol–water partition coefficient (Wildman–Crippen LogP) is 3.76. The van der Waals surface area contributed by atoms with Crippen molar-refractivity contribution in [3.8, 4) is 0 Å². The van der Waals surface area contributed by atoms with E-state index in [4.69, 9.17) is 0 Å². The van der Waals surface area contributed by atoms with Crippen molar-refractivity contribution in [3.63, 3.8) is 0 Å². The fraction of sp³-hybridized carbons (Fsp3) is 0.500. The molecule has 2 heterocycles. The summed E-state index contributed by atoms with van der Waals surface area (Å²) in [6, 6.07) is 3.43. The highest BCUT2D eigenvalue weighted by molar-refractivity contribution is 7.15. The number of nitrogens with one attached hydrogen (secondary N) is 2. The second-order valence-electron chi connectivity index (χ2n) is 6.18. The van der Waals surface area contributed by atoms with Gasteiger partial charge >= 0.3 is 0 Å². The molecule has 2 fully saturated rings. The molecule has 2 unspecified atom stereocenters. The number of rotatable bonds is 5. The van der Waals surface area contributed by atoms with Crippen LogP contribution in [0.4, 0.5) is 5.00 Å². The molecule has 0 bridgehead atoms. The predicted molar refractivity (Wildman–Crippen MR) is 91.0 cm³/mol. The highest BCUT2D eigenvalue weighted by Gasteiger charge is 2.41. The number of hydrogen-bond donors (Lipinski definition) is 2. The number of amides is 1. The Morgan fingerprint density at radius 1 is 1.41 bits per heavy atom. The summed E-state index contributed by atoms with van der Waals surface area (Å²) < 4.78 is 0. The van der Waals surface area contributed by atoms with Gasteiger partial charge < -0.3 is 10.6 Å². The lowest BCUT2D eigenvalue weighted by atomic mass is 9.93. The van der Waals surface area contributed by atoms with Gasteiger partial charge in [-0.2, -0.15) is 0 Å². The Labute approximate surface area is 138 Å². The van der Waals surface area contributed by atoms with Gasteiger partial charge in [0, 0.05) is 28.3 Å². The number of nitrogens with zero attached hydrogens (tertiary/aromatic N) is 1. The summed E-state index contributed by atoms with van der Waals surface area (Å²) in [6.45, 7) is 1.94. The SMILES string of the molecule is Cc1ncc(NC(=O)c2csc(C3CC3NC3CCC3)c2)s1. The molecule has 116 valence electrons. The van der Waals surface area contributed by atoms with E-state index >= 15 is 0 Å². The molecule has 2 aliphatic rings. The lowest BCUT2D eigenvalue weighted by Gasteiger charge is -2.26. The van der Waals surface area contributed by atoms with E-state index in [0.29, 0.717) is 12.0 Å². The highest BCUT2D eigenvalue weighted by atomic mass is 32.1. The zero-order valence-electron chi connectivity index (χ0n) is 12.5. The molecule has 0 spiro atoms. The van der Waals surface area contributed by atoms with E-state index in [2.05, 4.69) is 21.7 Å². The lowest BCUT2D eigenvalue weighted by Crippen LogP contribution is -2.37. The van der Waals surface area contributed by atoms with E-state index in [9.17, 15) is 4.79 Å². The van der Waals surface area contributed by atoms with Crippen LogP contribution in [0.25, 0.3) is 0 Å². The Morgan fingerprint density at radius 3 is 2.95 bits per heavy atom. The molecule has 0 aliphatic heterocycles. The van der Waals surface area contributed by atoms with E-state index in [1.807, 2.05) is 12.3 Å². The Kier molecular flexibility index (Phi) is 3.76. The fourth-order valence-electron chi connectivity index (χ4n) is 2.84. The molecule has 2 aromatic rings. The molecule has 1 amide bonds. The third kappa shape index (κ3) is 2.95. The molecular formula is C16H19N3OS2. The summed E-state index contributed by atoms with van der Waals surface area (Å²) in [5.74, 6) is 0.577. The van der Waals surface area contributed by atoms with Crippen molar-refractivity contribution in [2.45, 2.75) is 50.6 Å². The molecule has 4 nitrogen and oxygen atoms in total. The van der Waals surface area contributed by atoms with Crippen molar-refractivity contribution >= 4 is 33.6 Å². The van der Waals surface area contributed by atoms with Gasteiger partial charge in [0.15, 0.2) is 0 Å². The molecular weight excluding hydrogens is 314 g/mol. The van der Waals surface area contributed by atoms with Crippen LogP contribution >= 0.6 is 22.7 Å². The molecule has 2 atom stereocenters. The maximum Gasteiger partial charge on any atom is 0.257 e. The van der Waals surface area contributed by atoms with E-state index in [1.165, 1.54) is 41.9 Å². The second kappa shape index (κ2) is 5.76. The van der Waals surface area contributed by atoms with Crippen LogP contribution in [0.5, 0.6) is 0 Å². The monoisotopic (exact) mass is 333 g/mol. The first-order chi connectivity index (χ1) is 10.7. The minimum atomic E-state index is -0.0321. The van der Waals surface area contributed by atoms with Crippen LogP contribution in [0.15, 0.2) is 17.6 Å². The normalized spacial score (nSPS) is 24.0. The van der Waals surface area contributed by atoms with Crippen molar-refractivity contribution < 1.29 is 4.79 Å². The van der Waals surface area contributed by atoms with Gasteiger partial charge in [-0.1, -0.05) is 6.42 Å². The Balaban J connectivity index is 1.36. The fourth-order valence-corrected chi connectivity index (χ4v) is 4.58. The van der Waals surface area contributed by atoms with Crippen molar-refractivity contribution in [1.82, 2.24) is 10.3 Å². The minimum Gasteiger partial charge on any atom is -0.312 e. The summed E-state index contributed by atoms with van der Waals surface area (Å²) in [5.41, 5.74) is 0.764. The number of thiazole rings is 1. The smallest absolute Gasteiger partial charge is 0.257 e. The van der Waals surface area contributed by atoms with E-state index < -0.39 is 0 Å². The lowest BCUT2D eigenvalue weighted by molar-refractivity contribution is 0.102. The summed E-state index contributed by atoms with van der Waals surface area (Å²) >= 11 is 3.21. The van der Waals surface area contributed by atoms with E-state index in [-0.39, 0.29) is 5.91 Å². The minimum absolute atomic E-state index is 0.0321. The molecule has 22 heavy (non-hydrogen) atoms. The van der Waals surface area contributed by atoms with E-state index in [1.54, 1.807) is 17.5 Å². The third-order valence-electron chi connectivity index (χ3n) is 4.45. The van der Waals surface area contributed by atoms with Crippen LogP contribution in [0.1, 0.15) is 51.8 Å². The maximum atomic E-state index is 12.3. The molecule has 2 saturated carbocycles. The number of anilines is 1. The number of carbonyl (C=O) groups excluding carboxylic acids is 1. The third-order valence-corrected chi connectivity index (χ3v) is 6.34. The number of aromatic nitrogens is 1. The number of carbonyl (C=O) groups is 1. The van der Waals surface area contributed by atoms with Crippen LogP contribution in [-0.2, 0) is 0 Å². The molecule has 2 aromatic heterocycles. The van der Waals surface area contributed by atoms with Crippen LogP contribution in [-0.4, -0.2) is 23.0 Å². The summed E-state index contributed by atoms with van der Waals surface area (Å²) in [7, 11) is 0. The first kappa shape index (κ1) is 14.4. The zero-order chi connectivity index (χ0) is 15.1. The van der Waals surface area contributed by atoms with Crippen LogP contribution < -0.4 is 10.6 Å². The summed E-state index contributed by atoms with van der Waals surface area (Å²) in [4.78, 5) is 17.7. The van der Waals surface area contributed by atoms with Crippen LogP contribution in [0, 0.1) is 6.92 Å². The van der Waals surface area contributed by atoms with Crippen molar-refractivity contribution in [1.29, 1.82) is 0 Å². The number of thiophene rings is 1. The van der Waals surface area contributed by atoms with Gasteiger partial charge in [0.2, 0.25) is 0 Å². The zero-order valence-corrected chi connectivity index (χ0v) is 14.1. The Hall–Kier alpha value is -1.24. The molecule has 6 heteroatoms. The second-order valence-corrected chi connectivity index (χ2v) is 8.36. The van der Waals surface area contributed by atoms with Gasteiger partial charge in [-0.3, -0.25) is 4.79 Å². The van der Waals surface area contributed by atoms with Gasteiger partial charge in [0.1, 0.15) is 5.00 Å². The summed E-state index contributed by atoms with van der Waals surface area (Å²) in [5, 5.41) is 10.4. The molecule has 4 rings (SSSR count). The van der Waals surface area contributed by atoms with Gasteiger partial charge in [-0.25, -0.2) is 4.98 Å². The van der Waals surface area contributed by atoms with Crippen molar-refractivity contribution in [2.24, 2.45) is 0 Å². The van der Waals surface area contributed by atoms with Crippen LogP contribution in [0.2, 0.25) is 0 Å². The first-order valence-electron chi connectivity index (χ1n) is 7.77. The average molecular weight is 333 g/mol. The largest absolute Gasteiger partial charge is 0.312 e. The maximum absolute atomic E-state index is 12.3. The number of hydrogen-bond acceptors (Lipinski definition) is 5. The van der Waals surface area contributed by atoms with Crippen LogP contribution in [0.3, 0.4) is 0 Å². The first-order valence-corrected chi connectivity index (χ1v) is 9.47. The Morgan fingerprint density at radius 2 is 2.27 bits per heavy atom. The van der Waals surface area contributed by atoms with Gasteiger partial charge in [0.25, 0.3) is 5.91 Å².